The van der Waals surface area contributed by atoms with Crippen LogP contribution in [0.2, 0.25) is 0 Å². The van der Waals surface area contributed by atoms with Gasteiger partial charge in [-0.2, -0.15) is 11.8 Å². The largest absolute Gasteiger partial charge is 0.494 e. The first-order valence-corrected chi connectivity index (χ1v) is 10.4. The lowest BCUT2D eigenvalue weighted by molar-refractivity contribution is 0.102. The number of anilines is 2. The van der Waals surface area contributed by atoms with Crippen LogP contribution in [0.5, 0.6) is 5.75 Å². The molecular weight excluding hydrogens is 366 g/mol. The number of fused-ring (bicyclic) bond motifs is 1. The average Bonchev–Trinajstić information content (AvgIpc) is 3.12. The molecule has 1 aliphatic rings. The number of carbonyl (C=O) groups is 1. The number of thiazole rings is 1. The maximum atomic E-state index is 12.4. The fourth-order valence-electron chi connectivity index (χ4n) is 3.00. The first-order chi connectivity index (χ1) is 12.8. The van der Waals surface area contributed by atoms with Crippen LogP contribution in [0.4, 0.5) is 10.8 Å². The van der Waals surface area contributed by atoms with Gasteiger partial charge in [-0.25, -0.2) is 4.98 Å². The van der Waals surface area contributed by atoms with E-state index in [-0.39, 0.29) is 5.91 Å². The van der Waals surface area contributed by atoms with Crippen molar-refractivity contribution in [3.63, 3.8) is 0 Å². The molecule has 2 aromatic carbocycles. The van der Waals surface area contributed by atoms with Crippen molar-refractivity contribution in [1.29, 1.82) is 0 Å². The van der Waals surface area contributed by atoms with Crippen LogP contribution in [0, 0.1) is 0 Å². The van der Waals surface area contributed by atoms with Crippen molar-refractivity contribution in [1.82, 2.24) is 4.98 Å². The van der Waals surface area contributed by atoms with E-state index in [0.717, 1.165) is 40.6 Å². The summed E-state index contributed by atoms with van der Waals surface area (Å²) in [7, 11) is 1.65. The molecule has 1 fully saturated rings. The summed E-state index contributed by atoms with van der Waals surface area (Å²) >= 11 is 3.48. The van der Waals surface area contributed by atoms with Crippen LogP contribution in [0.1, 0.15) is 10.4 Å². The van der Waals surface area contributed by atoms with Crippen molar-refractivity contribution in [2.24, 2.45) is 0 Å². The predicted molar refractivity (Wildman–Crippen MR) is 110 cm³/mol. The van der Waals surface area contributed by atoms with Gasteiger partial charge in [0.2, 0.25) is 0 Å². The number of benzene rings is 2. The summed E-state index contributed by atoms with van der Waals surface area (Å²) in [6.45, 7) is 2.05. The summed E-state index contributed by atoms with van der Waals surface area (Å²) in [6.07, 6.45) is 0. The first-order valence-electron chi connectivity index (χ1n) is 8.43. The standard InChI is InChI=1S/C19H19N3O2S2/c1-24-15-8-7-14(22-9-11-25-12-10-22)17-16(15)20-19(26-17)21-18(23)13-5-3-2-4-6-13/h2-8H,9-12H2,1H3,(H,20,21,23). The van der Waals surface area contributed by atoms with Crippen molar-refractivity contribution in [2.45, 2.75) is 0 Å². The molecule has 0 radical (unpaired) electrons. The van der Waals surface area contributed by atoms with Crippen LogP contribution in [-0.2, 0) is 0 Å². The second-order valence-electron chi connectivity index (χ2n) is 5.90. The molecule has 1 N–H and O–H groups in total. The third-order valence-electron chi connectivity index (χ3n) is 4.31. The molecule has 26 heavy (non-hydrogen) atoms. The number of ether oxygens (including phenoxy) is 1. The van der Waals surface area contributed by atoms with Gasteiger partial charge in [0.05, 0.1) is 17.5 Å². The lowest BCUT2D eigenvalue weighted by Gasteiger charge is -2.28. The molecule has 0 saturated carbocycles. The highest BCUT2D eigenvalue weighted by atomic mass is 32.2. The van der Waals surface area contributed by atoms with E-state index in [2.05, 4.69) is 21.3 Å². The second kappa shape index (κ2) is 7.55. The van der Waals surface area contributed by atoms with E-state index in [4.69, 9.17) is 4.74 Å². The number of methoxy groups -OCH3 is 1. The number of amides is 1. The highest BCUT2D eigenvalue weighted by Crippen LogP contribution is 2.40. The summed E-state index contributed by atoms with van der Waals surface area (Å²) in [5.74, 6) is 2.83. The van der Waals surface area contributed by atoms with Gasteiger partial charge in [-0.3, -0.25) is 10.1 Å². The lowest BCUT2D eigenvalue weighted by atomic mass is 10.2. The molecule has 5 nitrogen and oxygen atoms in total. The Balaban J connectivity index is 1.69. The number of hydrogen-bond donors (Lipinski definition) is 1. The Morgan fingerprint density at radius 2 is 1.92 bits per heavy atom. The van der Waals surface area contributed by atoms with Gasteiger partial charge in [0.25, 0.3) is 5.91 Å². The van der Waals surface area contributed by atoms with Gasteiger partial charge in [0, 0.05) is 30.2 Å². The smallest absolute Gasteiger partial charge is 0.257 e. The van der Waals surface area contributed by atoms with E-state index in [1.807, 2.05) is 36.0 Å². The molecule has 0 spiro atoms. The fraction of sp³-hybridized carbons (Fsp3) is 0.263. The maximum Gasteiger partial charge on any atom is 0.257 e. The molecule has 0 bridgehead atoms. The topological polar surface area (TPSA) is 54.5 Å². The number of carbonyl (C=O) groups excluding carboxylic acids is 1. The van der Waals surface area contributed by atoms with Gasteiger partial charge in [-0.05, 0) is 24.3 Å². The van der Waals surface area contributed by atoms with E-state index < -0.39 is 0 Å². The molecule has 3 aromatic rings. The zero-order chi connectivity index (χ0) is 17.9. The molecule has 1 aliphatic heterocycles. The third-order valence-corrected chi connectivity index (χ3v) is 6.25. The molecule has 1 saturated heterocycles. The molecule has 7 heteroatoms. The van der Waals surface area contributed by atoms with Gasteiger partial charge in [-0.15, -0.1) is 0 Å². The molecule has 0 aliphatic carbocycles. The van der Waals surface area contributed by atoms with Crippen molar-refractivity contribution >= 4 is 50.0 Å². The van der Waals surface area contributed by atoms with Gasteiger partial charge >= 0.3 is 0 Å². The number of nitrogens with zero attached hydrogens (tertiary/aromatic N) is 2. The first kappa shape index (κ1) is 17.2. The van der Waals surface area contributed by atoms with E-state index in [1.165, 1.54) is 17.0 Å². The highest BCUT2D eigenvalue weighted by Gasteiger charge is 2.20. The molecule has 4 rings (SSSR count). The Morgan fingerprint density at radius 3 is 2.65 bits per heavy atom. The number of thioether (sulfide) groups is 1. The van der Waals surface area contributed by atoms with E-state index in [9.17, 15) is 4.79 Å². The molecule has 0 atom stereocenters. The Labute approximate surface area is 160 Å². The summed E-state index contributed by atoms with van der Waals surface area (Å²) in [4.78, 5) is 19.5. The van der Waals surface area contributed by atoms with E-state index >= 15 is 0 Å². The molecule has 1 aromatic heterocycles. The molecular formula is C19H19N3O2S2. The van der Waals surface area contributed by atoms with Crippen molar-refractivity contribution in [2.75, 3.05) is 41.9 Å². The number of hydrogen-bond acceptors (Lipinski definition) is 6. The average molecular weight is 386 g/mol. The minimum atomic E-state index is -0.153. The predicted octanol–water partition coefficient (Wildman–Crippen LogP) is 4.11. The Bertz CT molecular complexity index is 921. The summed E-state index contributed by atoms with van der Waals surface area (Å²) < 4.78 is 6.54. The summed E-state index contributed by atoms with van der Waals surface area (Å²) in [6, 6.07) is 13.2. The summed E-state index contributed by atoms with van der Waals surface area (Å²) in [5, 5.41) is 3.51. The van der Waals surface area contributed by atoms with Crippen LogP contribution in [-0.4, -0.2) is 42.6 Å². The summed E-state index contributed by atoms with van der Waals surface area (Å²) in [5.41, 5.74) is 2.59. The monoisotopic (exact) mass is 385 g/mol. The van der Waals surface area contributed by atoms with Gasteiger partial charge < -0.3 is 9.64 Å². The van der Waals surface area contributed by atoms with Gasteiger partial charge in [0.1, 0.15) is 11.3 Å². The molecule has 0 unspecified atom stereocenters. The molecule has 2 heterocycles. The van der Waals surface area contributed by atoms with Crippen LogP contribution in [0.25, 0.3) is 10.2 Å². The van der Waals surface area contributed by atoms with Crippen LogP contribution >= 0.6 is 23.1 Å². The zero-order valence-corrected chi connectivity index (χ0v) is 16.0. The molecule has 1 amide bonds. The lowest BCUT2D eigenvalue weighted by Crippen LogP contribution is -2.32. The van der Waals surface area contributed by atoms with Gasteiger partial charge in [0.15, 0.2) is 5.13 Å². The normalized spacial score (nSPS) is 14.4. The Morgan fingerprint density at radius 1 is 1.15 bits per heavy atom. The third kappa shape index (κ3) is 3.37. The second-order valence-corrected chi connectivity index (χ2v) is 8.13. The van der Waals surface area contributed by atoms with Gasteiger partial charge in [-0.1, -0.05) is 29.5 Å². The van der Waals surface area contributed by atoms with Crippen molar-refractivity contribution in [3.8, 4) is 5.75 Å². The van der Waals surface area contributed by atoms with Crippen LogP contribution in [0.15, 0.2) is 42.5 Å². The maximum absolute atomic E-state index is 12.4. The van der Waals surface area contributed by atoms with E-state index in [0.29, 0.717) is 10.7 Å². The minimum Gasteiger partial charge on any atom is -0.494 e. The minimum absolute atomic E-state index is 0.153. The Kier molecular flexibility index (Phi) is 4.99. The molecule has 134 valence electrons. The SMILES string of the molecule is COc1ccc(N2CCSCC2)c2sc(NC(=O)c3ccccc3)nc12. The van der Waals surface area contributed by atoms with Crippen LogP contribution < -0.4 is 15.0 Å². The Hall–Kier alpha value is -2.25. The quantitative estimate of drug-likeness (QED) is 0.732. The zero-order valence-electron chi connectivity index (χ0n) is 14.4. The fourth-order valence-corrected chi connectivity index (χ4v) is 4.92. The number of aromatic nitrogens is 1. The van der Waals surface area contributed by atoms with Crippen molar-refractivity contribution < 1.29 is 9.53 Å². The number of rotatable bonds is 4. The van der Waals surface area contributed by atoms with Crippen LogP contribution in [0.3, 0.4) is 0 Å². The number of nitrogens with one attached hydrogen (secondary N) is 1. The van der Waals surface area contributed by atoms with E-state index in [1.54, 1.807) is 19.2 Å². The highest BCUT2D eigenvalue weighted by molar-refractivity contribution is 7.99. The van der Waals surface area contributed by atoms with Crippen molar-refractivity contribution in [3.05, 3.63) is 48.0 Å².